The lowest BCUT2D eigenvalue weighted by Gasteiger charge is -2.07. The van der Waals surface area contributed by atoms with E-state index in [2.05, 4.69) is 15.3 Å². The van der Waals surface area contributed by atoms with Crippen LogP contribution in [0.3, 0.4) is 0 Å². The van der Waals surface area contributed by atoms with Crippen molar-refractivity contribution in [3.05, 3.63) is 51.3 Å². The number of nitrogens with zero attached hydrogens (tertiary/aromatic N) is 3. The predicted octanol–water partition coefficient (Wildman–Crippen LogP) is 1.75. The summed E-state index contributed by atoms with van der Waals surface area (Å²) < 4.78 is 1.47. The van der Waals surface area contributed by atoms with Gasteiger partial charge in [-0.1, -0.05) is 11.6 Å². The van der Waals surface area contributed by atoms with Crippen molar-refractivity contribution in [1.29, 1.82) is 0 Å². The van der Waals surface area contributed by atoms with E-state index in [0.717, 1.165) is 11.3 Å². The van der Waals surface area contributed by atoms with Gasteiger partial charge in [0.2, 0.25) is 0 Å². The van der Waals surface area contributed by atoms with Crippen molar-refractivity contribution in [3.63, 3.8) is 0 Å². The highest BCUT2D eigenvalue weighted by Crippen LogP contribution is 2.11. The van der Waals surface area contributed by atoms with Crippen LogP contribution in [0.15, 0.2) is 29.3 Å². The summed E-state index contributed by atoms with van der Waals surface area (Å²) in [4.78, 5) is 19.8. The van der Waals surface area contributed by atoms with E-state index in [1.165, 1.54) is 4.57 Å². The van der Waals surface area contributed by atoms with E-state index in [0.29, 0.717) is 17.5 Å². The van der Waals surface area contributed by atoms with Crippen LogP contribution in [0, 0.1) is 6.92 Å². The lowest BCUT2D eigenvalue weighted by Crippen LogP contribution is -2.21. The Morgan fingerprint density at radius 3 is 2.94 bits per heavy atom. The molecule has 94 valence electrons. The molecule has 0 aliphatic rings. The fourth-order valence-corrected chi connectivity index (χ4v) is 1.88. The molecule has 0 radical (unpaired) electrons. The second-order valence-electron chi connectivity index (χ2n) is 3.98. The smallest absolute Gasteiger partial charge is 0.293 e. The maximum Gasteiger partial charge on any atom is 0.293 e. The monoisotopic (exact) mass is 264 g/mol. The largest absolute Gasteiger partial charge is 0.361 e. The number of halogens is 1. The Labute approximate surface area is 109 Å². The zero-order valence-electron chi connectivity index (χ0n) is 10.1. The van der Waals surface area contributed by atoms with Gasteiger partial charge in [-0.2, -0.15) is 0 Å². The molecule has 0 saturated heterocycles. The average Bonchev–Trinajstić information content (AvgIpc) is 2.30. The van der Waals surface area contributed by atoms with E-state index in [-0.39, 0.29) is 5.56 Å². The number of rotatable bonds is 3. The van der Waals surface area contributed by atoms with Crippen molar-refractivity contribution in [2.45, 2.75) is 13.5 Å². The molecule has 2 aromatic rings. The summed E-state index contributed by atoms with van der Waals surface area (Å²) >= 11 is 5.87. The maximum atomic E-state index is 11.7. The van der Waals surface area contributed by atoms with Crippen LogP contribution < -0.4 is 10.9 Å². The Balaban J connectivity index is 2.16. The molecule has 0 atom stereocenters. The van der Waals surface area contributed by atoms with Crippen LogP contribution in [0.5, 0.6) is 0 Å². The Morgan fingerprint density at radius 2 is 2.22 bits per heavy atom. The number of aromatic nitrogens is 3. The van der Waals surface area contributed by atoms with E-state index >= 15 is 0 Å². The van der Waals surface area contributed by atoms with Crippen molar-refractivity contribution < 1.29 is 0 Å². The first-order chi connectivity index (χ1) is 8.56. The Kier molecular flexibility index (Phi) is 3.62. The first kappa shape index (κ1) is 12.6. The third-order valence-corrected chi connectivity index (χ3v) is 2.65. The lowest BCUT2D eigenvalue weighted by atomic mass is 10.2. The molecule has 0 amide bonds. The van der Waals surface area contributed by atoms with Crippen LogP contribution in [0.25, 0.3) is 0 Å². The van der Waals surface area contributed by atoms with Gasteiger partial charge in [0.25, 0.3) is 5.56 Å². The van der Waals surface area contributed by atoms with Crippen LogP contribution in [0.1, 0.15) is 11.3 Å². The molecule has 1 N–H and O–H groups in total. The number of hydrogen-bond donors (Lipinski definition) is 1. The SMILES string of the molecule is Cc1cc(CNc2nccn(C)c2=O)cc(Cl)n1. The van der Waals surface area contributed by atoms with Crippen LogP contribution in [0.4, 0.5) is 5.82 Å². The van der Waals surface area contributed by atoms with Gasteiger partial charge in [-0.15, -0.1) is 0 Å². The molecule has 0 fully saturated rings. The Hall–Kier alpha value is -1.88. The minimum absolute atomic E-state index is 0.158. The number of nitrogens with one attached hydrogen (secondary N) is 1. The zero-order chi connectivity index (χ0) is 13.1. The molecule has 0 aliphatic carbocycles. The molecule has 0 aliphatic heterocycles. The molecule has 2 heterocycles. The van der Waals surface area contributed by atoms with Gasteiger partial charge in [-0.25, -0.2) is 9.97 Å². The highest BCUT2D eigenvalue weighted by Gasteiger charge is 2.03. The summed E-state index contributed by atoms with van der Waals surface area (Å²) in [7, 11) is 1.68. The van der Waals surface area contributed by atoms with Gasteiger partial charge in [-0.3, -0.25) is 4.79 Å². The van der Waals surface area contributed by atoms with Crippen LogP contribution in [0.2, 0.25) is 5.15 Å². The van der Waals surface area contributed by atoms with E-state index < -0.39 is 0 Å². The second-order valence-corrected chi connectivity index (χ2v) is 4.37. The number of pyridine rings is 1. The fourth-order valence-electron chi connectivity index (χ4n) is 1.60. The minimum Gasteiger partial charge on any atom is -0.361 e. The summed E-state index contributed by atoms with van der Waals surface area (Å²) in [6, 6.07) is 3.67. The van der Waals surface area contributed by atoms with Gasteiger partial charge >= 0.3 is 0 Å². The van der Waals surface area contributed by atoms with Crippen LogP contribution in [-0.4, -0.2) is 14.5 Å². The molecule has 0 bridgehead atoms. The van der Waals surface area contributed by atoms with Gasteiger partial charge in [0.1, 0.15) is 5.15 Å². The zero-order valence-corrected chi connectivity index (χ0v) is 10.9. The summed E-state index contributed by atoms with van der Waals surface area (Å²) in [6.45, 7) is 2.35. The maximum absolute atomic E-state index is 11.7. The normalized spacial score (nSPS) is 10.4. The molecule has 0 aromatic carbocycles. The lowest BCUT2D eigenvalue weighted by molar-refractivity contribution is 0.839. The standard InChI is InChI=1S/C12H13ClN4O/c1-8-5-9(6-10(13)16-8)7-15-11-12(18)17(2)4-3-14-11/h3-6H,7H2,1-2H3,(H,14,15). The second kappa shape index (κ2) is 5.18. The summed E-state index contributed by atoms with van der Waals surface area (Å²) in [5, 5.41) is 3.44. The molecule has 0 spiro atoms. The van der Waals surface area contributed by atoms with Gasteiger partial charge in [-0.05, 0) is 24.6 Å². The first-order valence-electron chi connectivity index (χ1n) is 5.45. The van der Waals surface area contributed by atoms with Crippen molar-refractivity contribution >= 4 is 17.4 Å². The predicted molar refractivity (Wildman–Crippen MR) is 70.8 cm³/mol. The van der Waals surface area contributed by atoms with E-state index in [9.17, 15) is 4.79 Å². The molecule has 2 aromatic heterocycles. The molecule has 0 unspecified atom stereocenters. The van der Waals surface area contributed by atoms with Gasteiger partial charge in [0.15, 0.2) is 5.82 Å². The Bertz CT molecular complexity index is 603. The molecule has 2 rings (SSSR count). The third-order valence-electron chi connectivity index (χ3n) is 2.46. The average molecular weight is 265 g/mol. The number of hydrogen-bond acceptors (Lipinski definition) is 4. The quantitative estimate of drug-likeness (QED) is 0.858. The molecule has 18 heavy (non-hydrogen) atoms. The van der Waals surface area contributed by atoms with Crippen LogP contribution in [-0.2, 0) is 13.6 Å². The van der Waals surface area contributed by atoms with E-state index in [4.69, 9.17) is 11.6 Å². The van der Waals surface area contributed by atoms with Crippen LogP contribution >= 0.6 is 11.6 Å². The molecular formula is C12H13ClN4O. The molecule has 5 nitrogen and oxygen atoms in total. The van der Waals surface area contributed by atoms with Gasteiger partial charge in [0.05, 0.1) is 0 Å². The third kappa shape index (κ3) is 2.87. The fraction of sp³-hybridized carbons (Fsp3) is 0.250. The van der Waals surface area contributed by atoms with Crippen molar-refractivity contribution in [1.82, 2.24) is 14.5 Å². The molecule has 6 heteroatoms. The first-order valence-corrected chi connectivity index (χ1v) is 5.82. The van der Waals surface area contributed by atoms with Gasteiger partial charge in [0, 0.05) is 31.7 Å². The summed E-state index contributed by atoms with van der Waals surface area (Å²) in [5.74, 6) is 0.325. The van der Waals surface area contributed by atoms with Crippen molar-refractivity contribution in [2.24, 2.45) is 7.05 Å². The number of anilines is 1. The van der Waals surface area contributed by atoms with E-state index in [1.807, 2.05) is 13.0 Å². The van der Waals surface area contributed by atoms with Gasteiger partial charge < -0.3 is 9.88 Å². The molecule has 0 saturated carbocycles. The van der Waals surface area contributed by atoms with E-state index in [1.54, 1.807) is 25.5 Å². The Morgan fingerprint density at radius 1 is 1.44 bits per heavy atom. The molecular weight excluding hydrogens is 252 g/mol. The van der Waals surface area contributed by atoms with Crippen molar-refractivity contribution in [3.8, 4) is 0 Å². The van der Waals surface area contributed by atoms with Crippen molar-refractivity contribution in [2.75, 3.05) is 5.32 Å². The topological polar surface area (TPSA) is 59.8 Å². The highest BCUT2D eigenvalue weighted by molar-refractivity contribution is 6.29. The summed E-state index contributed by atoms with van der Waals surface area (Å²) in [5.41, 5.74) is 1.64. The minimum atomic E-state index is -0.158. The highest BCUT2D eigenvalue weighted by atomic mass is 35.5. The summed E-state index contributed by atoms with van der Waals surface area (Å²) in [6.07, 6.45) is 3.19. The number of aryl methyl sites for hydroxylation is 2.